The molecule has 0 saturated heterocycles. The quantitative estimate of drug-likeness (QED) is 0.194. The van der Waals surface area contributed by atoms with Crippen LogP contribution in [0.25, 0.3) is 11.1 Å². The molecule has 0 atom stereocenters. The molecule has 2 aromatic rings. The fourth-order valence-electron chi connectivity index (χ4n) is 8.55. The highest BCUT2D eigenvalue weighted by molar-refractivity contribution is 5.65. The van der Waals surface area contributed by atoms with Crippen LogP contribution in [0, 0.1) is 35.3 Å². The number of allylic oxidation sites excluding steroid dienone is 2. The van der Waals surface area contributed by atoms with Crippen molar-refractivity contribution in [3.63, 3.8) is 0 Å². The molecule has 2 aromatic carbocycles. The number of halogens is 6. The van der Waals surface area contributed by atoms with Crippen LogP contribution in [0.1, 0.15) is 133 Å². The van der Waals surface area contributed by atoms with E-state index in [-0.39, 0.29) is 23.6 Å². The maximum atomic E-state index is 15.4. The molecule has 3 aliphatic carbocycles. The molecule has 0 amide bonds. The largest absolute Gasteiger partial charge is 0.412 e. The van der Waals surface area contributed by atoms with Gasteiger partial charge in [0, 0.05) is 11.5 Å². The maximum absolute atomic E-state index is 15.4. The van der Waals surface area contributed by atoms with Gasteiger partial charge in [0.2, 0.25) is 0 Å². The fourth-order valence-corrected chi connectivity index (χ4v) is 8.55. The third kappa shape index (κ3) is 8.51. The van der Waals surface area contributed by atoms with Crippen molar-refractivity contribution in [2.45, 2.75) is 128 Å². The molecular formula is C38H48F6. The third-order valence-corrected chi connectivity index (χ3v) is 11.2. The Morgan fingerprint density at radius 1 is 0.727 bits per heavy atom. The van der Waals surface area contributed by atoms with Gasteiger partial charge in [-0.15, -0.1) is 0 Å². The summed E-state index contributed by atoms with van der Waals surface area (Å²) in [6.45, 7) is 2.24. The highest BCUT2D eigenvalue weighted by Crippen LogP contribution is 2.46. The summed E-state index contributed by atoms with van der Waals surface area (Å²) in [6, 6.07) is 10.7. The van der Waals surface area contributed by atoms with E-state index in [0.29, 0.717) is 47.3 Å². The summed E-state index contributed by atoms with van der Waals surface area (Å²) in [5, 5.41) is 0. The molecule has 0 nitrogen and oxygen atoms in total. The van der Waals surface area contributed by atoms with Gasteiger partial charge in [0.1, 0.15) is 17.5 Å². The average Bonchev–Trinajstić information content (AvgIpc) is 3.01. The van der Waals surface area contributed by atoms with Crippen molar-refractivity contribution in [1.82, 2.24) is 0 Å². The molecule has 0 bridgehead atoms. The van der Waals surface area contributed by atoms with Crippen LogP contribution >= 0.6 is 0 Å². The average molecular weight is 619 g/mol. The molecule has 0 unspecified atom stereocenters. The summed E-state index contributed by atoms with van der Waals surface area (Å²) in [5.41, 5.74) is 2.74. The second-order valence-electron chi connectivity index (χ2n) is 14.0. The number of rotatable bonds is 9. The molecule has 0 heterocycles. The Balaban J connectivity index is 1.13. The molecule has 3 fully saturated rings. The van der Waals surface area contributed by atoms with E-state index >= 15 is 8.78 Å². The molecule has 0 aromatic heterocycles. The third-order valence-electron chi connectivity index (χ3n) is 11.2. The summed E-state index contributed by atoms with van der Waals surface area (Å²) in [6.07, 6.45) is 11.0. The highest BCUT2D eigenvalue weighted by Gasteiger charge is 2.35. The summed E-state index contributed by atoms with van der Waals surface area (Å²) < 4.78 is 82.3. The van der Waals surface area contributed by atoms with Crippen LogP contribution in [0.5, 0.6) is 0 Å². The highest BCUT2D eigenvalue weighted by atomic mass is 19.4. The van der Waals surface area contributed by atoms with Crippen LogP contribution in [-0.4, -0.2) is 6.18 Å². The van der Waals surface area contributed by atoms with Crippen LogP contribution in [0.2, 0.25) is 0 Å². The van der Waals surface area contributed by atoms with E-state index in [4.69, 9.17) is 0 Å². The molecule has 242 valence electrons. The Morgan fingerprint density at radius 3 is 1.95 bits per heavy atom. The lowest BCUT2D eigenvalue weighted by Gasteiger charge is -2.37. The normalized spacial score (nSPS) is 28.7. The second kappa shape index (κ2) is 14.9. The molecule has 3 aliphatic rings. The summed E-state index contributed by atoms with van der Waals surface area (Å²) in [7, 11) is 0. The predicted molar refractivity (Wildman–Crippen MR) is 166 cm³/mol. The number of unbranched alkanes of at least 4 members (excludes halogenated alkanes) is 2. The molecule has 0 radical (unpaired) electrons. The Morgan fingerprint density at radius 2 is 1.36 bits per heavy atom. The van der Waals surface area contributed by atoms with Crippen LogP contribution in [0.4, 0.5) is 26.3 Å². The van der Waals surface area contributed by atoms with Crippen molar-refractivity contribution in [2.24, 2.45) is 23.7 Å². The van der Waals surface area contributed by atoms with Gasteiger partial charge in [0.05, 0.1) is 6.08 Å². The number of alkyl halides is 3. The van der Waals surface area contributed by atoms with E-state index in [9.17, 15) is 17.6 Å². The number of hydrogen-bond donors (Lipinski definition) is 0. The summed E-state index contributed by atoms with van der Waals surface area (Å²) in [5.74, 6) is -0.0833. The molecule has 6 heteroatoms. The van der Waals surface area contributed by atoms with Crippen molar-refractivity contribution in [3.8, 4) is 11.1 Å². The van der Waals surface area contributed by atoms with Gasteiger partial charge in [-0.3, -0.25) is 0 Å². The van der Waals surface area contributed by atoms with Gasteiger partial charge in [0.15, 0.2) is 0 Å². The van der Waals surface area contributed by atoms with Crippen LogP contribution < -0.4 is 0 Å². The van der Waals surface area contributed by atoms with Gasteiger partial charge in [-0.05, 0) is 135 Å². The molecular weight excluding hydrogens is 570 g/mol. The Kier molecular flexibility index (Phi) is 11.2. The summed E-state index contributed by atoms with van der Waals surface area (Å²) in [4.78, 5) is 0. The van der Waals surface area contributed by atoms with E-state index in [1.807, 2.05) is 24.3 Å². The minimum atomic E-state index is -4.61. The van der Waals surface area contributed by atoms with E-state index in [1.165, 1.54) is 44.6 Å². The SMILES string of the molecule is CCCCCC1CCC(c2ccc(-c3ccc(C4CCC(C5CCC(/C(F)=C/C(F)(F)F)CC5)CC4)c(F)c3)c(F)c2)CC1. The predicted octanol–water partition coefficient (Wildman–Crippen LogP) is 13.0. The van der Waals surface area contributed by atoms with Crippen molar-refractivity contribution in [3.05, 3.63) is 71.1 Å². The first kappa shape index (κ1) is 33.1. The van der Waals surface area contributed by atoms with Crippen molar-refractivity contribution < 1.29 is 26.3 Å². The first-order chi connectivity index (χ1) is 21.1. The molecule has 0 spiro atoms. The van der Waals surface area contributed by atoms with Gasteiger partial charge < -0.3 is 0 Å². The van der Waals surface area contributed by atoms with Gasteiger partial charge in [-0.1, -0.05) is 56.9 Å². The van der Waals surface area contributed by atoms with Gasteiger partial charge in [-0.25, -0.2) is 13.2 Å². The number of hydrogen-bond acceptors (Lipinski definition) is 0. The smallest absolute Gasteiger partial charge is 0.212 e. The molecule has 0 aliphatic heterocycles. The molecule has 0 N–H and O–H groups in total. The lowest BCUT2D eigenvalue weighted by Crippen LogP contribution is -2.26. The maximum Gasteiger partial charge on any atom is 0.412 e. The number of benzene rings is 2. The van der Waals surface area contributed by atoms with Crippen LogP contribution in [-0.2, 0) is 0 Å². The lowest BCUT2D eigenvalue weighted by atomic mass is 9.68. The fraction of sp³-hybridized carbons (Fsp3) is 0.632. The Labute approximate surface area is 259 Å². The Bertz CT molecular complexity index is 1240. The molecule has 3 saturated carbocycles. The zero-order valence-electron chi connectivity index (χ0n) is 26.1. The lowest BCUT2D eigenvalue weighted by molar-refractivity contribution is -0.0821. The monoisotopic (exact) mass is 618 g/mol. The van der Waals surface area contributed by atoms with E-state index < -0.39 is 17.9 Å². The first-order valence-corrected chi connectivity index (χ1v) is 17.2. The van der Waals surface area contributed by atoms with Gasteiger partial charge in [0.25, 0.3) is 0 Å². The second-order valence-corrected chi connectivity index (χ2v) is 14.0. The van der Waals surface area contributed by atoms with E-state index in [2.05, 4.69) is 6.92 Å². The molecule has 44 heavy (non-hydrogen) atoms. The van der Waals surface area contributed by atoms with E-state index in [0.717, 1.165) is 62.8 Å². The minimum absolute atomic E-state index is 0.105. The Hall–Kier alpha value is -2.24. The van der Waals surface area contributed by atoms with Crippen LogP contribution in [0.15, 0.2) is 48.3 Å². The standard InChI is InChI=1S/C38H48F6/c1-2-3-4-5-25-6-8-28(9-7-25)31-18-20-34(35(39)22-31)32-19-21-33(36(40)23-32)29-14-10-26(11-15-29)27-12-16-30(17-13-27)37(41)24-38(42,43)44/h18-30H,2-17H2,1H3/b37-24-. The van der Waals surface area contributed by atoms with Crippen molar-refractivity contribution >= 4 is 0 Å². The van der Waals surface area contributed by atoms with Crippen LogP contribution in [0.3, 0.4) is 0 Å². The van der Waals surface area contributed by atoms with Gasteiger partial charge >= 0.3 is 6.18 Å². The summed E-state index contributed by atoms with van der Waals surface area (Å²) >= 11 is 0. The first-order valence-electron chi connectivity index (χ1n) is 17.2. The topological polar surface area (TPSA) is 0 Å². The van der Waals surface area contributed by atoms with E-state index in [1.54, 1.807) is 6.07 Å². The zero-order chi connectivity index (χ0) is 31.3. The van der Waals surface area contributed by atoms with Gasteiger partial charge in [-0.2, -0.15) is 13.2 Å². The van der Waals surface area contributed by atoms with Crippen molar-refractivity contribution in [1.29, 1.82) is 0 Å². The van der Waals surface area contributed by atoms with Crippen molar-refractivity contribution in [2.75, 3.05) is 0 Å². The molecule has 5 rings (SSSR count). The minimum Gasteiger partial charge on any atom is -0.212 e. The zero-order valence-corrected chi connectivity index (χ0v) is 26.1.